The number of hydrogen-bond acceptors (Lipinski definition) is 5. The van der Waals surface area contributed by atoms with E-state index in [1.165, 1.54) is 6.39 Å². The molecule has 0 bridgehead atoms. The van der Waals surface area contributed by atoms with E-state index in [-0.39, 0.29) is 5.91 Å². The van der Waals surface area contributed by atoms with Crippen LogP contribution in [0.3, 0.4) is 0 Å². The number of carbonyl (C=O) groups excluding carboxylic acids is 1. The maximum absolute atomic E-state index is 12.2. The lowest BCUT2D eigenvalue weighted by Crippen LogP contribution is -2.41. The summed E-state index contributed by atoms with van der Waals surface area (Å²) in [4.78, 5) is 16.1. The normalized spacial score (nSPS) is 11.0. The zero-order valence-electron chi connectivity index (χ0n) is 11.5. The molecule has 0 spiro atoms. The first-order valence-electron chi connectivity index (χ1n) is 6.63. The van der Waals surface area contributed by atoms with Crippen molar-refractivity contribution in [3.05, 3.63) is 12.2 Å². The van der Waals surface area contributed by atoms with Crippen LogP contribution in [0.15, 0.2) is 10.9 Å². The van der Waals surface area contributed by atoms with Crippen molar-refractivity contribution in [1.29, 1.82) is 5.26 Å². The summed E-state index contributed by atoms with van der Waals surface area (Å²) in [6, 6.07) is 2.20. The molecule has 0 saturated carbocycles. The van der Waals surface area contributed by atoms with Crippen molar-refractivity contribution in [2.45, 2.75) is 46.0 Å². The Balaban J connectivity index is 2.54. The van der Waals surface area contributed by atoms with Gasteiger partial charge in [-0.15, -0.1) is 0 Å². The molecule has 0 aromatic carbocycles. The number of aromatic nitrogens is 2. The average Bonchev–Trinajstić information content (AvgIpc) is 2.91. The second-order valence-corrected chi connectivity index (χ2v) is 4.55. The molecule has 1 amide bonds. The predicted molar refractivity (Wildman–Crippen MR) is 68.9 cm³/mol. The second kappa shape index (κ2) is 7.52. The Morgan fingerprint density at radius 3 is 2.63 bits per heavy atom. The van der Waals surface area contributed by atoms with Crippen LogP contribution in [0.25, 0.3) is 0 Å². The van der Waals surface area contributed by atoms with E-state index in [1.54, 1.807) is 0 Å². The monoisotopic (exact) mass is 264 g/mol. The molecule has 1 aromatic rings. The first-order valence-corrected chi connectivity index (χ1v) is 6.63. The highest BCUT2D eigenvalue weighted by atomic mass is 16.5. The second-order valence-electron chi connectivity index (χ2n) is 4.55. The minimum Gasteiger partial charge on any atom is -0.354 e. The summed E-state index contributed by atoms with van der Waals surface area (Å²) >= 11 is 0. The molecule has 6 nitrogen and oxygen atoms in total. The van der Waals surface area contributed by atoms with Gasteiger partial charge in [-0.1, -0.05) is 31.8 Å². The zero-order valence-corrected chi connectivity index (χ0v) is 11.5. The molecule has 1 N–H and O–H groups in total. The van der Waals surface area contributed by atoms with Gasteiger partial charge in [-0.25, -0.2) is 0 Å². The fraction of sp³-hybridized carbons (Fsp3) is 0.692. The summed E-state index contributed by atoms with van der Waals surface area (Å²) < 4.78 is 4.61. The quantitative estimate of drug-likeness (QED) is 0.773. The van der Waals surface area contributed by atoms with Crippen LogP contribution in [0.1, 0.15) is 45.4 Å². The van der Waals surface area contributed by atoms with E-state index in [0.29, 0.717) is 31.6 Å². The number of rotatable bonds is 8. The van der Waals surface area contributed by atoms with Crippen LogP contribution in [-0.2, 0) is 11.2 Å². The van der Waals surface area contributed by atoms with Gasteiger partial charge >= 0.3 is 0 Å². The van der Waals surface area contributed by atoms with Gasteiger partial charge in [0.2, 0.25) is 12.3 Å². The largest absolute Gasteiger partial charge is 0.354 e. The average molecular weight is 264 g/mol. The van der Waals surface area contributed by atoms with Gasteiger partial charge in [-0.3, -0.25) is 4.79 Å². The molecule has 0 radical (unpaired) electrons. The Kier molecular flexibility index (Phi) is 6.00. The Hall–Kier alpha value is -1.90. The highest BCUT2D eigenvalue weighted by Gasteiger charge is 2.36. The van der Waals surface area contributed by atoms with Gasteiger partial charge in [-0.05, 0) is 12.8 Å². The number of carbonyl (C=O) groups is 1. The van der Waals surface area contributed by atoms with E-state index < -0.39 is 5.41 Å². The maximum Gasteiger partial charge on any atom is 0.240 e. The number of nitriles is 1. The van der Waals surface area contributed by atoms with E-state index in [0.717, 1.165) is 12.8 Å². The van der Waals surface area contributed by atoms with Crippen LogP contribution in [0.2, 0.25) is 0 Å². The van der Waals surface area contributed by atoms with Gasteiger partial charge < -0.3 is 9.84 Å². The Labute approximate surface area is 113 Å². The molecular weight excluding hydrogens is 244 g/mol. The smallest absolute Gasteiger partial charge is 0.240 e. The lowest BCUT2D eigenvalue weighted by molar-refractivity contribution is -0.128. The molecule has 104 valence electrons. The van der Waals surface area contributed by atoms with Crippen LogP contribution in [0, 0.1) is 16.7 Å². The maximum atomic E-state index is 12.2. The SMILES string of the molecule is CCCC(C#N)(CCC)C(=O)NCCc1ncon1. The summed E-state index contributed by atoms with van der Waals surface area (Å²) in [6.07, 6.45) is 4.56. The van der Waals surface area contributed by atoms with Crippen molar-refractivity contribution in [1.82, 2.24) is 15.5 Å². The lowest BCUT2D eigenvalue weighted by Gasteiger charge is -2.24. The summed E-state index contributed by atoms with van der Waals surface area (Å²) in [6.45, 7) is 4.37. The molecule has 1 rings (SSSR count). The number of nitrogens with one attached hydrogen (secondary N) is 1. The van der Waals surface area contributed by atoms with Gasteiger partial charge in [0.05, 0.1) is 6.07 Å². The van der Waals surface area contributed by atoms with Crippen LogP contribution in [-0.4, -0.2) is 22.6 Å². The van der Waals surface area contributed by atoms with Gasteiger partial charge in [0.1, 0.15) is 5.41 Å². The van der Waals surface area contributed by atoms with E-state index in [2.05, 4.69) is 26.0 Å². The molecule has 6 heteroatoms. The van der Waals surface area contributed by atoms with Crippen LogP contribution < -0.4 is 5.32 Å². The minimum atomic E-state index is -0.902. The fourth-order valence-corrected chi connectivity index (χ4v) is 2.13. The van der Waals surface area contributed by atoms with Crippen LogP contribution >= 0.6 is 0 Å². The first kappa shape index (κ1) is 15.2. The summed E-state index contributed by atoms with van der Waals surface area (Å²) in [7, 11) is 0. The molecule has 0 aliphatic rings. The topological polar surface area (TPSA) is 91.8 Å². The molecule has 1 heterocycles. The highest BCUT2D eigenvalue weighted by Crippen LogP contribution is 2.29. The molecule has 0 atom stereocenters. The molecule has 1 aromatic heterocycles. The Bertz CT molecular complexity index is 416. The third-order valence-corrected chi connectivity index (χ3v) is 3.04. The third kappa shape index (κ3) is 4.05. The zero-order chi connectivity index (χ0) is 14.1. The van der Waals surface area contributed by atoms with Gasteiger partial charge in [0.15, 0.2) is 5.82 Å². The van der Waals surface area contributed by atoms with Gasteiger partial charge in [0, 0.05) is 13.0 Å². The predicted octanol–water partition coefficient (Wildman–Crippen LogP) is 1.84. The summed E-state index contributed by atoms with van der Waals surface area (Å²) in [5.74, 6) is 0.357. The lowest BCUT2D eigenvalue weighted by atomic mass is 9.80. The van der Waals surface area contributed by atoms with Crippen LogP contribution in [0.4, 0.5) is 0 Å². The van der Waals surface area contributed by atoms with Crippen molar-refractivity contribution in [3.8, 4) is 6.07 Å². The van der Waals surface area contributed by atoms with E-state index in [9.17, 15) is 10.1 Å². The summed E-state index contributed by atoms with van der Waals surface area (Å²) in [5.41, 5.74) is -0.902. The number of nitrogens with zero attached hydrogens (tertiary/aromatic N) is 3. The fourth-order valence-electron chi connectivity index (χ4n) is 2.13. The molecule has 0 aliphatic heterocycles. The molecule has 0 fully saturated rings. The van der Waals surface area contributed by atoms with Crippen molar-refractivity contribution >= 4 is 5.91 Å². The summed E-state index contributed by atoms with van der Waals surface area (Å²) in [5, 5.41) is 15.8. The van der Waals surface area contributed by atoms with Crippen LogP contribution in [0.5, 0.6) is 0 Å². The van der Waals surface area contributed by atoms with Crippen molar-refractivity contribution < 1.29 is 9.32 Å². The molecule has 19 heavy (non-hydrogen) atoms. The Morgan fingerprint density at radius 1 is 1.47 bits per heavy atom. The molecular formula is C13H20N4O2. The van der Waals surface area contributed by atoms with Crippen molar-refractivity contribution in [2.24, 2.45) is 5.41 Å². The number of hydrogen-bond donors (Lipinski definition) is 1. The number of amides is 1. The molecule has 0 aliphatic carbocycles. The standard InChI is InChI=1S/C13H20N4O2/c1-3-6-13(9-14,7-4-2)12(18)15-8-5-11-16-10-19-17-11/h10H,3-8H2,1-2H3,(H,15,18). The van der Waals surface area contributed by atoms with Gasteiger partial charge in [-0.2, -0.15) is 10.2 Å². The first-order chi connectivity index (χ1) is 9.18. The Morgan fingerprint density at radius 2 is 2.16 bits per heavy atom. The van der Waals surface area contributed by atoms with Gasteiger partial charge in [0.25, 0.3) is 0 Å². The molecule has 0 saturated heterocycles. The highest BCUT2D eigenvalue weighted by molar-refractivity contribution is 5.85. The van der Waals surface area contributed by atoms with E-state index in [4.69, 9.17) is 0 Å². The van der Waals surface area contributed by atoms with E-state index >= 15 is 0 Å². The van der Waals surface area contributed by atoms with E-state index in [1.807, 2.05) is 13.8 Å². The van der Waals surface area contributed by atoms with Crippen molar-refractivity contribution in [2.75, 3.05) is 6.54 Å². The molecule has 0 unspecified atom stereocenters. The third-order valence-electron chi connectivity index (χ3n) is 3.04. The minimum absolute atomic E-state index is 0.192. The van der Waals surface area contributed by atoms with Crippen molar-refractivity contribution in [3.63, 3.8) is 0 Å².